The zero-order valence-corrected chi connectivity index (χ0v) is 19.1. The van der Waals surface area contributed by atoms with Gasteiger partial charge in [-0.15, -0.1) is 24.0 Å². The Morgan fingerprint density at radius 2 is 1.90 bits per heavy atom. The quantitative estimate of drug-likeness (QED) is 0.257. The highest BCUT2D eigenvalue weighted by Gasteiger charge is 2.09. The molecule has 2 aromatic rings. The Morgan fingerprint density at radius 3 is 2.62 bits per heavy atom. The molecule has 5 nitrogen and oxygen atoms in total. The minimum atomic E-state index is -0.304. The van der Waals surface area contributed by atoms with Gasteiger partial charge in [-0.2, -0.15) is 0 Å². The molecule has 0 spiro atoms. The summed E-state index contributed by atoms with van der Waals surface area (Å²) in [6.45, 7) is 5.08. The van der Waals surface area contributed by atoms with Crippen molar-refractivity contribution < 1.29 is 9.13 Å². The summed E-state index contributed by atoms with van der Waals surface area (Å²) in [4.78, 5) is 6.58. The zero-order valence-electron chi connectivity index (χ0n) is 16.8. The molecule has 1 aliphatic rings. The van der Waals surface area contributed by atoms with Crippen molar-refractivity contribution in [2.24, 2.45) is 4.99 Å². The van der Waals surface area contributed by atoms with E-state index in [0.717, 1.165) is 13.1 Å². The molecule has 0 aromatic heterocycles. The van der Waals surface area contributed by atoms with E-state index in [0.29, 0.717) is 24.8 Å². The number of aliphatic imine (C=N–C) groups is 1. The second kappa shape index (κ2) is 11.6. The van der Waals surface area contributed by atoms with E-state index in [1.165, 1.54) is 23.4 Å². The monoisotopic (exact) mass is 510 g/mol. The number of rotatable bonds is 7. The van der Waals surface area contributed by atoms with Crippen molar-refractivity contribution in [1.82, 2.24) is 10.6 Å². The molecule has 3 rings (SSSR count). The van der Waals surface area contributed by atoms with Gasteiger partial charge >= 0.3 is 0 Å². The number of nitrogens with one attached hydrogen (secondary N) is 2. The maximum atomic E-state index is 13.2. The second-order valence-electron chi connectivity index (χ2n) is 6.74. The molecule has 29 heavy (non-hydrogen) atoms. The van der Waals surface area contributed by atoms with Crippen LogP contribution in [0.5, 0.6) is 5.75 Å². The van der Waals surface area contributed by atoms with Gasteiger partial charge < -0.3 is 20.3 Å². The molecule has 1 unspecified atom stereocenters. The lowest BCUT2D eigenvalue weighted by molar-refractivity contribution is 0.223. The lowest BCUT2D eigenvalue weighted by Gasteiger charge is -2.19. The molecule has 0 aliphatic carbocycles. The molecule has 1 heterocycles. The van der Waals surface area contributed by atoms with E-state index < -0.39 is 0 Å². The van der Waals surface area contributed by atoms with Crippen molar-refractivity contribution in [2.45, 2.75) is 19.6 Å². The minimum absolute atomic E-state index is 0. The van der Waals surface area contributed by atoms with Crippen LogP contribution in [0.15, 0.2) is 65.7 Å². The van der Waals surface area contributed by atoms with E-state index in [2.05, 4.69) is 56.9 Å². The topological polar surface area (TPSA) is 48.9 Å². The van der Waals surface area contributed by atoms with Gasteiger partial charge in [0.2, 0.25) is 0 Å². The second-order valence-corrected chi connectivity index (χ2v) is 6.74. The number of ether oxygens (including phenoxy) is 1. The van der Waals surface area contributed by atoms with E-state index in [1.54, 1.807) is 19.2 Å². The number of hydrogen-bond acceptors (Lipinski definition) is 3. The Hall–Kier alpha value is -2.29. The van der Waals surface area contributed by atoms with Crippen LogP contribution in [0.1, 0.15) is 12.5 Å². The van der Waals surface area contributed by atoms with Crippen LogP contribution < -0.4 is 20.3 Å². The van der Waals surface area contributed by atoms with Crippen LogP contribution in [-0.2, 0) is 6.54 Å². The van der Waals surface area contributed by atoms with Crippen molar-refractivity contribution in [3.63, 3.8) is 0 Å². The molecule has 2 N–H and O–H groups in total. The fourth-order valence-corrected chi connectivity index (χ4v) is 3.01. The first-order valence-electron chi connectivity index (χ1n) is 9.49. The summed E-state index contributed by atoms with van der Waals surface area (Å²) in [5.41, 5.74) is 2.42. The van der Waals surface area contributed by atoms with E-state index in [4.69, 9.17) is 4.74 Å². The third-order valence-electron chi connectivity index (χ3n) is 4.47. The molecule has 156 valence electrons. The van der Waals surface area contributed by atoms with Gasteiger partial charge in [0.15, 0.2) is 5.96 Å². The van der Waals surface area contributed by atoms with E-state index in [1.807, 2.05) is 6.92 Å². The summed E-state index contributed by atoms with van der Waals surface area (Å²) in [6.07, 6.45) is 4.24. The fraction of sp³-hybridized carbons (Fsp3) is 0.318. The van der Waals surface area contributed by atoms with E-state index >= 15 is 0 Å². The molecule has 0 saturated carbocycles. The molecular formula is C22H28FIN4O. The van der Waals surface area contributed by atoms with Crippen LogP contribution in [-0.4, -0.2) is 38.7 Å². The van der Waals surface area contributed by atoms with Crippen molar-refractivity contribution in [1.29, 1.82) is 0 Å². The highest BCUT2D eigenvalue weighted by Crippen LogP contribution is 2.18. The van der Waals surface area contributed by atoms with Gasteiger partial charge in [-0.1, -0.05) is 30.4 Å². The third-order valence-corrected chi connectivity index (χ3v) is 4.47. The molecule has 1 atom stereocenters. The number of guanidine groups is 1. The van der Waals surface area contributed by atoms with Crippen LogP contribution in [0.4, 0.5) is 10.1 Å². The summed E-state index contributed by atoms with van der Waals surface area (Å²) in [5.74, 6) is 0.912. The van der Waals surface area contributed by atoms with Gasteiger partial charge in [0.25, 0.3) is 0 Å². The van der Waals surface area contributed by atoms with Gasteiger partial charge in [0.05, 0.1) is 6.54 Å². The molecule has 2 aromatic carbocycles. The third kappa shape index (κ3) is 7.23. The largest absolute Gasteiger partial charge is 0.489 e. The molecule has 0 amide bonds. The summed E-state index contributed by atoms with van der Waals surface area (Å²) in [6, 6.07) is 14.7. The normalized spacial score (nSPS) is 14.3. The van der Waals surface area contributed by atoms with Gasteiger partial charge in [-0.05, 0) is 36.8 Å². The fourth-order valence-electron chi connectivity index (χ4n) is 3.01. The number of benzene rings is 2. The predicted molar refractivity (Wildman–Crippen MR) is 128 cm³/mol. The Bertz CT molecular complexity index is 835. The smallest absolute Gasteiger partial charge is 0.191 e. The number of anilines is 1. The summed E-state index contributed by atoms with van der Waals surface area (Å²) in [5, 5.41) is 6.56. The first kappa shape index (κ1) is 23.0. The molecule has 0 radical (unpaired) electrons. The van der Waals surface area contributed by atoms with E-state index in [9.17, 15) is 4.39 Å². The molecule has 0 bridgehead atoms. The highest BCUT2D eigenvalue weighted by atomic mass is 127. The Morgan fingerprint density at radius 1 is 1.14 bits per heavy atom. The van der Waals surface area contributed by atoms with Crippen molar-refractivity contribution in [2.75, 3.05) is 31.6 Å². The SMILES string of the molecule is CN=C(NCc1cccc(N2CC=CC2)c1)NCC(C)Oc1cccc(F)c1.I. The lowest BCUT2D eigenvalue weighted by atomic mass is 10.2. The van der Waals surface area contributed by atoms with Gasteiger partial charge in [0, 0.05) is 38.4 Å². The lowest BCUT2D eigenvalue weighted by Crippen LogP contribution is -2.41. The Balaban J connectivity index is 0.00000300. The van der Waals surface area contributed by atoms with Crippen LogP contribution in [0.25, 0.3) is 0 Å². The van der Waals surface area contributed by atoms with Gasteiger partial charge in [0.1, 0.15) is 17.7 Å². The molecular weight excluding hydrogens is 482 g/mol. The first-order chi connectivity index (χ1) is 13.6. The minimum Gasteiger partial charge on any atom is -0.489 e. The maximum Gasteiger partial charge on any atom is 0.191 e. The molecule has 7 heteroatoms. The van der Waals surface area contributed by atoms with Crippen LogP contribution in [0.2, 0.25) is 0 Å². The maximum absolute atomic E-state index is 13.2. The number of hydrogen-bond donors (Lipinski definition) is 2. The van der Waals surface area contributed by atoms with Crippen molar-refractivity contribution in [3.05, 3.63) is 72.1 Å². The number of nitrogens with zero attached hydrogens (tertiary/aromatic N) is 2. The standard InChI is InChI=1S/C22H27FN4O.HI/c1-17(28-21-10-6-8-19(23)14-21)15-25-22(24-2)26-16-18-7-5-9-20(13-18)27-11-3-4-12-27;/h3-10,13-14,17H,11-12,15-16H2,1-2H3,(H2,24,25,26);1H. The Kier molecular flexibility index (Phi) is 9.24. The highest BCUT2D eigenvalue weighted by molar-refractivity contribution is 14.0. The van der Waals surface area contributed by atoms with Crippen LogP contribution in [0, 0.1) is 5.82 Å². The van der Waals surface area contributed by atoms with Crippen molar-refractivity contribution >= 4 is 35.6 Å². The molecule has 0 fully saturated rings. The molecule has 1 aliphatic heterocycles. The number of halogens is 2. The summed E-state index contributed by atoms with van der Waals surface area (Å²) in [7, 11) is 1.74. The molecule has 0 saturated heterocycles. The van der Waals surface area contributed by atoms with Crippen LogP contribution >= 0.6 is 24.0 Å². The summed E-state index contributed by atoms with van der Waals surface area (Å²) >= 11 is 0. The van der Waals surface area contributed by atoms with Crippen LogP contribution in [0.3, 0.4) is 0 Å². The predicted octanol–water partition coefficient (Wildman–Crippen LogP) is 3.95. The van der Waals surface area contributed by atoms with E-state index in [-0.39, 0.29) is 35.9 Å². The van der Waals surface area contributed by atoms with Crippen molar-refractivity contribution in [3.8, 4) is 5.75 Å². The average Bonchev–Trinajstić information content (AvgIpc) is 3.23. The Labute approximate surface area is 189 Å². The summed E-state index contributed by atoms with van der Waals surface area (Å²) < 4.78 is 19.0. The zero-order chi connectivity index (χ0) is 19.8. The van der Waals surface area contributed by atoms with Gasteiger partial charge in [-0.3, -0.25) is 4.99 Å². The first-order valence-corrected chi connectivity index (χ1v) is 9.49. The van der Waals surface area contributed by atoms with Gasteiger partial charge in [-0.25, -0.2) is 4.39 Å². The average molecular weight is 510 g/mol.